The van der Waals surface area contributed by atoms with Gasteiger partial charge in [-0.05, 0) is 31.9 Å². The zero-order valence-electron chi connectivity index (χ0n) is 14.8. The summed E-state index contributed by atoms with van der Waals surface area (Å²) >= 11 is 1.50. The SMILES string of the molecule is Cc1ccc(OCc2nc(CC(=O)N3CCC(C(N)=O)CC3)cs2)cc1. The second-order valence-corrected chi connectivity index (χ2v) is 7.51. The fourth-order valence-corrected chi connectivity index (χ4v) is 3.66. The Hall–Kier alpha value is -2.41. The molecule has 1 saturated heterocycles. The number of ether oxygens (including phenoxy) is 1. The molecule has 2 aromatic rings. The van der Waals surface area contributed by atoms with E-state index < -0.39 is 0 Å². The van der Waals surface area contributed by atoms with Crippen LogP contribution in [0.2, 0.25) is 0 Å². The number of carbonyl (C=O) groups is 2. The Kier molecular flexibility index (Phi) is 5.88. The van der Waals surface area contributed by atoms with Crippen LogP contribution in [0.25, 0.3) is 0 Å². The van der Waals surface area contributed by atoms with Gasteiger partial charge in [-0.2, -0.15) is 0 Å². The predicted molar refractivity (Wildman–Crippen MR) is 99.8 cm³/mol. The summed E-state index contributed by atoms with van der Waals surface area (Å²) in [7, 11) is 0. The quantitative estimate of drug-likeness (QED) is 0.842. The molecule has 1 aromatic heterocycles. The molecular formula is C19H23N3O3S. The molecule has 0 bridgehead atoms. The third-order valence-electron chi connectivity index (χ3n) is 4.56. The van der Waals surface area contributed by atoms with E-state index in [9.17, 15) is 9.59 Å². The highest BCUT2D eigenvalue weighted by Gasteiger charge is 2.26. The number of piperidine rings is 1. The fraction of sp³-hybridized carbons (Fsp3) is 0.421. The molecule has 1 aliphatic heterocycles. The van der Waals surface area contributed by atoms with Gasteiger partial charge in [-0.3, -0.25) is 9.59 Å². The topological polar surface area (TPSA) is 85.5 Å². The third kappa shape index (κ3) is 4.82. The molecule has 6 nitrogen and oxygen atoms in total. The van der Waals surface area contributed by atoms with Gasteiger partial charge >= 0.3 is 0 Å². The van der Waals surface area contributed by atoms with Crippen molar-refractivity contribution in [2.45, 2.75) is 32.8 Å². The molecule has 2 amide bonds. The molecule has 1 aromatic carbocycles. The van der Waals surface area contributed by atoms with Crippen LogP contribution in [-0.4, -0.2) is 34.8 Å². The lowest BCUT2D eigenvalue weighted by atomic mass is 9.96. The molecule has 0 radical (unpaired) electrons. The lowest BCUT2D eigenvalue weighted by molar-refractivity contribution is -0.134. The van der Waals surface area contributed by atoms with Gasteiger partial charge in [0.2, 0.25) is 11.8 Å². The number of benzene rings is 1. The number of aromatic nitrogens is 1. The molecule has 7 heteroatoms. The predicted octanol–water partition coefficient (Wildman–Crippen LogP) is 2.30. The van der Waals surface area contributed by atoms with Gasteiger partial charge in [0, 0.05) is 24.4 Å². The van der Waals surface area contributed by atoms with E-state index >= 15 is 0 Å². The van der Waals surface area contributed by atoms with Crippen molar-refractivity contribution in [3.63, 3.8) is 0 Å². The number of nitrogens with zero attached hydrogens (tertiary/aromatic N) is 2. The van der Waals surface area contributed by atoms with Crippen molar-refractivity contribution < 1.29 is 14.3 Å². The minimum Gasteiger partial charge on any atom is -0.486 e. The number of nitrogens with two attached hydrogens (primary N) is 1. The molecule has 2 N–H and O–H groups in total. The molecule has 0 spiro atoms. The van der Waals surface area contributed by atoms with E-state index in [4.69, 9.17) is 10.5 Å². The van der Waals surface area contributed by atoms with E-state index in [0.717, 1.165) is 16.5 Å². The molecule has 0 aliphatic carbocycles. The van der Waals surface area contributed by atoms with Gasteiger partial charge in [0.05, 0.1) is 12.1 Å². The van der Waals surface area contributed by atoms with Crippen molar-refractivity contribution in [1.82, 2.24) is 9.88 Å². The van der Waals surface area contributed by atoms with Crippen LogP contribution in [0.5, 0.6) is 5.75 Å². The fourth-order valence-electron chi connectivity index (χ4n) is 2.96. The normalized spacial score (nSPS) is 15.0. The minimum atomic E-state index is -0.269. The van der Waals surface area contributed by atoms with Crippen LogP contribution in [0.1, 0.15) is 29.1 Å². The highest BCUT2D eigenvalue weighted by atomic mass is 32.1. The van der Waals surface area contributed by atoms with Crippen molar-refractivity contribution in [3.05, 3.63) is 45.9 Å². The van der Waals surface area contributed by atoms with Gasteiger partial charge in [0.15, 0.2) is 0 Å². The maximum atomic E-state index is 12.4. The zero-order chi connectivity index (χ0) is 18.5. The molecule has 138 valence electrons. The van der Waals surface area contributed by atoms with Crippen LogP contribution >= 0.6 is 11.3 Å². The van der Waals surface area contributed by atoms with Crippen LogP contribution in [0.15, 0.2) is 29.6 Å². The Morgan fingerprint density at radius 2 is 1.96 bits per heavy atom. The van der Waals surface area contributed by atoms with Crippen molar-refractivity contribution in [2.75, 3.05) is 13.1 Å². The van der Waals surface area contributed by atoms with Crippen LogP contribution in [0.3, 0.4) is 0 Å². The molecule has 0 saturated carbocycles. The summed E-state index contributed by atoms with van der Waals surface area (Å²) in [5.74, 6) is 0.476. The molecule has 26 heavy (non-hydrogen) atoms. The van der Waals surface area contributed by atoms with Crippen molar-refractivity contribution >= 4 is 23.2 Å². The van der Waals surface area contributed by atoms with Crippen molar-refractivity contribution in [2.24, 2.45) is 11.7 Å². The van der Waals surface area contributed by atoms with Crippen molar-refractivity contribution in [1.29, 1.82) is 0 Å². The summed E-state index contributed by atoms with van der Waals surface area (Å²) in [6.07, 6.45) is 1.57. The van der Waals surface area contributed by atoms with Crippen LogP contribution in [-0.2, 0) is 22.6 Å². The third-order valence-corrected chi connectivity index (χ3v) is 5.44. The maximum absolute atomic E-state index is 12.4. The molecule has 0 atom stereocenters. The number of likely N-dealkylation sites (tertiary alicyclic amines) is 1. The Bertz CT molecular complexity index is 765. The molecule has 1 aliphatic rings. The number of primary amides is 1. The smallest absolute Gasteiger partial charge is 0.228 e. The summed E-state index contributed by atoms with van der Waals surface area (Å²) < 4.78 is 5.72. The van der Waals surface area contributed by atoms with Crippen LogP contribution < -0.4 is 10.5 Å². The van der Waals surface area contributed by atoms with Gasteiger partial charge in [0.1, 0.15) is 17.4 Å². The number of aryl methyl sites for hydroxylation is 1. The maximum Gasteiger partial charge on any atom is 0.228 e. The van der Waals surface area contributed by atoms with E-state index in [1.165, 1.54) is 16.9 Å². The lowest BCUT2D eigenvalue weighted by Gasteiger charge is -2.30. The standard InChI is InChI=1S/C19H23N3O3S/c1-13-2-4-16(5-3-13)25-11-17-21-15(12-26-17)10-18(23)22-8-6-14(7-9-22)19(20)24/h2-5,12,14H,6-11H2,1H3,(H2,20,24). The van der Waals surface area contributed by atoms with Gasteiger partial charge in [-0.1, -0.05) is 17.7 Å². The largest absolute Gasteiger partial charge is 0.486 e. The molecule has 2 heterocycles. The van der Waals surface area contributed by atoms with E-state index in [1.807, 2.05) is 36.6 Å². The number of hydrogen-bond donors (Lipinski definition) is 1. The van der Waals surface area contributed by atoms with Gasteiger partial charge in [-0.25, -0.2) is 4.98 Å². The minimum absolute atomic E-state index is 0.0456. The first-order valence-electron chi connectivity index (χ1n) is 8.71. The monoisotopic (exact) mass is 373 g/mol. The molecule has 1 fully saturated rings. The van der Waals surface area contributed by atoms with Crippen LogP contribution in [0.4, 0.5) is 0 Å². The van der Waals surface area contributed by atoms with E-state index in [1.54, 1.807) is 4.90 Å². The number of amides is 2. The summed E-state index contributed by atoms with van der Waals surface area (Å²) in [5.41, 5.74) is 7.28. The van der Waals surface area contributed by atoms with Gasteiger partial charge in [-0.15, -0.1) is 11.3 Å². The van der Waals surface area contributed by atoms with E-state index in [0.29, 0.717) is 32.5 Å². The first-order chi connectivity index (χ1) is 12.5. The van der Waals surface area contributed by atoms with E-state index in [-0.39, 0.29) is 24.2 Å². The number of hydrogen-bond acceptors (Lipinski definition) is 5. The second-order valence-electron chi connectivity index (χ2n) is 6.57. The van der Waals surface area contributed by atoms with Crippen LogP contribution in [0, 0.1) is 12.8 Å². The first-order valence-corrected chi connectivity index (χ1v) is 9.59. The number of thiazole rings is 1. The second kappa shape index (κ2) is 8.31. The van der Waals surface area contributed by atoms with Crippen molar-refractivity contribution in [3.8, 4) is 5.75 Å². The summed E-state index contributed by atoms with van der Waals surface area (Å²) in [6, 6.07) is 7.87. The van der Waals surface area contributed by atoms with Gasteiger partial charge < -0.3 is 15.4 Å². The molecular weight excluding hydrogens is 350 g/mol. The Morgan fingerprint density at radius 1 is 1.27 bits per heavy atom. The highest BCUT2D eigenvalue weighted by Crippen LogP contribution is 2.19. The lowest BCUT2D eigenvalue weighted by Crippen LogP contribution is -2.42. The summed E-state index contributed by atoms with van der Waals surface area (Å²) in [6.45, 7) is 3.59. The first kappa shape index (κ1) is 18.4. The highest BCUT2D eigenvalue weighted by molar-refractivity contribution is 7.09. The Labute approximate surface area is 157 Å². The summed E-state index contributed by atoms with van der Waals surface area (Å²) in [4.78, 5) is 29.9. The van der Waals surface area contributed by atoms with E-state index in [2.05, 4.69) is 4.98 Å². The molecule has 3 rings (SSSR count). The zero-order valence-corrected chi connectivity index (χ0v) is 15.6. The summed E-state index contributed by atoms with van der Waals surface area (Å²) in [5, 5.41) is 2.75. The van der Waals surface area contributed by atoms with Gasteiger partial charge in [0.25, 0.3) is 0 Å². The Morgan fingerprint density at radius 3 is 2.62 bits per heavy atom. The average molecular weight is 373 g/mol. The average Bonchev–Trinajstić information content (AvgIpc) is 3.08. The Balaban J connectivity index is 1.48. The molecule has 0 unspecified atom stereocenters. The number of carbonyl (C=O) groups excluding carboxylic acids is 2. The number of rotatable bonds is 6.